The molecule has 0 aliphatic carbocycles. The molecular weight excluding hydrogens is 252 g/mol. The highest BCUT2D eigenvalue weighted by atomic mass is 32.1. The summed E-state index contributed by atoms with van der Waals surface area (Å²) in [7, 11) is 0. The summed E-state index contributed by atoms with van der Waals surface area (Å²) in [6.45, 7) is 4.60. The van der Waals surface area contributed by atoms with Crippen LogP contribution in [0.2, 0.25) is 0 Å². The standard InChI is InChI=1S/C11H14N4O2S/c1-6-7(8(12)18-15-6)9-13-10(14-17-9)11(2)4-3-5-16-11/h3-5,12H2,1-2H3. The number of aryl methyl sites for hydroxylation is 1. The van der Waals surface area contributed by atoms with Crippen molar-refractivity contribution >= 4 is 16.5 Å². The maximum atomic E-state index is 5.87. The zero-order valence-electron chi connectivity index (χ0n) is 10.3. The highest BCUT2D eigenvalue weighted by Gasteiger charge is 2.37. The van der Waals surface area contributed by atoms with Crippen LogP contribution in [0, 0.1) is 6.92 Å². The average Bonchev–Trinajstić information content (AvgIpc) is 3.01. The van der Waals surface area contributed by atoms with E-state index in [1.165, 1.54) is 11.5 Å². The van der Waals surface area contributed by atoms with Gasteiger partial charge in [0.2, 0.25) is 5.82 Å². The van der Waals surface area contributed by atoms with Crippen LogP contribution in [0.5, 0.6) is 0 Å². The number of nitrogen functional groups attached to an aromatic ring is 1. The Labute approximate surface area is 108 Å². The lowest BCUT2D eigenvalue weighted by Crippen LogP contribution is -2.21. The minimum atomic E-state index is -0.437. The second-order valence-electron chi connectivity index (χ2n) is 4.61. The van der Waals surface area contributed by atoms with Gasteiger partial charge in [-0.05, 0) is 38.2 Å². The van der Waals surface area contributed by atoms with E-state index in [4.69, 9.17) is 15.0 Å². The fraction of sp³-hybridized carbons (Fsp3) is 0.545. The first-order chi connectivity index (χ1) is 8.60. The van der Waals surface area contributed by atoms with Crippen molar-refractivity contribution in [2.45, 2.75) is 32.3 Å². The van der Waals surface area contributed by atoms with Gasteiger partial charge < -0.3 is 15.0 Å². The van der Waals surface area contributed by atoms with Crippen LogP contribution in [0.25, 0.3) is 11.5 Å². The van der Waals surface area contributed by atoms with E-state index >= 15 is 0 Å². The van der Waals surface area contributed by atoms with E-state index in [1.54, 1.807) is 0 Å². The number of aromatic nitrogens is 3. The minimum absolute atomic E-state index is 0.422. The van der Waals surface area contributed by atoms with Crippen molar-refractivity contribution in [1.82, 2.24) is 14.5 Å². The van der Waals surface area contributed by atoms with Gasteiger partial charge in [0.25, 0.3) is 5.89 Å². The second-order valence-corrected chi connectivity index (χ2v) is 5.42. The van der Waals surface area contributed by atoms with Gasteiger partial charge in [-0.2, -0.15) is 9.36 Å². The number of anilines is 1. The normalized spacial score (nSPS) is 23.7. The van der Waals surface area contributed by atoms with Crippen LogP contribution in [0.3, 0.4) is 0 Å². The van der Waals surface area contributed by atoms with E-state index in [-0.39, 0.29) is 0 Å². The Bertz CT molecular complexity index is 552. The summed E-state index contributed by atoms with van der Waals surface area (Å²) in [5, 5.41) is 4.62. The Morgan fingerprint density at radius 1 is 1.44 bits per heavy atom. The van der Waals surface area contributed by atoms with Crippen molar-refractivity contribution in [3.05, 3.63) is 11.5 Å². The zero-order valence-corrected chi connectivity index (χ0v) is 11.1. The molecule has 0 aromatic carbocycles. The number of hydrogen-bond donors (Lipinski definition) is 1. The van der Waals surface area contributed by atoms with E-state index < -0.39 is 5.60 Å². The summed E-state index contributed by atoms with van der Waals surface area (Å²) in [5.74, 6) is 1.01. The molecule has 2 aromatic heterocycles. The molecule has 7 heteroatoms. The van der Waals surface area contributed by atoms with Gasteiger partial charge in [0.15, 0.2) is 0 Å². The first-order valence-corrected chi connectivity index (χ1v) is 6.58. The molecule has 96 valence electrons. The fourth-order valence-electron chi connectivity index (χ4n) is 2.14. The summed E-state index contributed by atoms with van der Waals surface area (Å²) < 4.78 is 15.2. The summed E-state index contributed by atoms with van der Waals surface area (Å²) in [4.78, 5) is 4.41. The van der Waals surface area contributed by atoms with Crippen LogP contribution < -0.4 is 5.73 Å². The van der Waals surface area contributed by atoms with Crippen LogP contribution in [-0.4, -0.2) is 21.1 Å². The van der Waals surface area contributed by atoms with E-state index in [2.05, 4.69) is 14.5 Å². The third-order valence-electron chi connectivity index (χ3n) is 3.22. The van der Waals surface area contributed by atoms with Crippen molar-refractivity contribution in [3.8, 4) is 11.5 Å². The van der Waals surface area contributed by atoms with Gasteiger partial charge in [0.05, 0.1) is 11.3 Å². The van der Waals surface area contributed by atoms with E-state index in [9.17, 15) is 0 Å². The smallest absolute Gasteiger partial charge is 0.262 e. The molecule has 1 atom stereocenters. The molecule has 18 heavy (non-hydrogen) atoms. The number of ether oxygens (including phenoxy) is 1. The van der Waals surface area contributed by atoms with Crippen molar-refractivity contribution < 1.29 is 9.26 Å². The van der Waals surface area contributed by atoms with E-state index in [0.717, 1.165) is 30.7 Å². The van der Waals surface area contributed by atoms with E-state index in [1.807, 2.05) is 13.8 Å². The summed E-state index contributed by atoms with van der Waals surface area (Å²) in [6, 6.07) is 0. The molecule has 1 saturated heterocycles. The number of nitrogens with zero attached hydrogens (tertiary/aromatic N) is 3. The maximum absolute atomic E-state index is 5.87. The predicted octanol–water partition coefficient (Wildman–Crippen LogP) is 2.11. The quantitative estimate of drug-likeness (QED) is 0.895. The molecule has 0 amide bonds. The molecule has 3 heterocycles. The van der Waals surface area contributed by atoms with E-state index in [0.29, 0.717) is 16.7 Å². The lowest BCUT2D eigenvalue weighted by molar-refractivity contribution is 0.00768. The molecule has 2 N–H and O–H groups in total. The molecule has 1 fully saturated rings. The third-order valence-corrected chi connectivity index (χ3v) is 3.99. The highest BCUT2D eigenvalue weighted by Crippen LogP contribution is 2.36. The first-order valence-electron chi connectivity index (χ1n) is 5.80. The number of hydrogen-bond acceptors (Lipinski definition) is 7. The molecule has 1 aliphatic heterocycles. The summed E-state index contributed by atoms with van der Waals surface area (Å²) in [5.41, 5.74) is 6.98. The minimum Gasteiger partial charge on any atom is -0.389 e. The van der Waals surface area contributed by atoms with Gasteiger partial charge in [-0.25, -0.2) is 0 Å². The second kappa shape index (κ2) is 4.03. The Hall–Kier alpha value is -1.47. The lowest BCUT2D eigenvalue weighted by Gasteiger charge is -2.17. The average molecular weight is 266 g/mol. The monoisotopic (exact) mass is 266 g/mol. The zero-order chi connectivity index (χ0) is 12.8. The molecule has 2 aromatic rings. The molecule has 1 aliphatic rings. The summed E-state index contributed by atoms with van der Waals surface area (Å²) in [6.07, 6.45) is 1.92. The fourth-order valence-corrected chi connectivity index (χ4v) is 2.80. The molecule has 0 spiro atoms. The number of rotatable bonds is 2. The molecule has 0 radical (unpaired) electrons. The van der Waals surface area contributed by atoms with Gasteiger partial charge in [0.1, 0.15) is 10.6 Å². The van der Waals surface area contributed by atoms with Crippen molar-refractivity contribution in [1.29, 1.82) is 0 Å². The molecule has 0 bridgehead atoms. The SMILES string of the molecule is Cc1nsc(N)c1-c1nc(C2(C)CCCO2)no1. The van der Waals surface area contributed by atoms with Crippen molar-refractivity contribution in [2.75, 3.05) is 12.3 Å². The van der Waals surface area contributed by atoms with Gasteiger partial charge in [0, 0.05) is 6.61 Å². The molecule has 0 saturated carbocycles. The van der Waals surface area contributed by atoms with Gasteiger partial charge in [-0.15, -0.1) is 0 Å². The largest absolute Gasteiger partial charge is 0.389 e. The summed E-state index contributed by atoms with van der Waals surface area (Å²) >= 11 is 1.24. The van der Waals surface area contributed by atoms with Crippen molar-refractivity contribution in [3.63, 3.8) is 0 Å². The van der Waals surface area contributed by atoms with Crippen LogP contribution >= 0.6 is 11.5 Å². The van der Waals surface area contributed by atoms with Crippen molar-refractivity contribution in [2.24, 2.45) is 0 Å². The molecule has 3 rings (SSSR count). The van der Waals surface area contributed by atoms with Crippen LogP contribution in [0.4, 0.5) is 5.00 Å². The topological polar surface area (TPSA) is 87.1 Å². The Kier molecular flexibility index (Phi) is 2.60. The number of nitrogens with two attached hydrogens (primary N) is 1. The van der Waals surface area contributed by atoms with Gasteiger partial charge in [-0.3, -0.25) is 0 Å². The van der Waals surface area contributed by atoms with Gasteiger partial charge >= 0.3 is 0 Å². The maximum Gasteiger partial charge on any atom is 0.262 e. The predicted molar refractivity (Wildman–Crippen MR) is 67.1 cm³/mol. The third kappa shape index (κ3) is 1.70. The van der Waals surface area contributed by atoms with Crippen LogP contribution in [0.15, 0.2) is 4.52 Å². The molecule has 1 unspecified atom stereocenters. The first kappa shape index (κ1) is 11.6. The van der Waals surface area contributed by atoms with Gasteiger partial charge in [-0.1, -0.05) is 5.16 Å². The highest BCUT2D eigenvalue weighted by molar-refractivity contribution is 7.10. The lowest BCUT2D eigenvalue weighted by atomic mass is 10.0. The van der Waals surface area contributed by atoms with Crippen LogP contribution in [-0.2, 0) is 10.3 Å². The Morgan fingerprint density at radius 2 is 2.28 bits per heavy atom. The molecular formula is C11H14N4O2S. The Morgan fingerprint density at radius 3 is 2.89 bits per heavy atom. The Balaban J connectivity index is 1.99. The molecule has 6 nitrogen and oxygen atoms in total. The van der Waals surface area contributed by atoms with Crippen LogP contribution in [0.1, 0.15) is 31.3 Å².